The Bertz CT molecular complexity index is 508. The molecule has 0 aromatic rings. The Labute approximate surface area is 168 Å². The molecule has 9 heteroatoms. The molecule has 0 radical (unpaired) electrons. The smallest absolute Gasteiger partial charge is 0.211 e. The lowest BCUT2D eigenvalue weighted by Gasteiger charge is -2.35. The van der Waals surface area contributed by atoms with Gasteiger partial charge in [-0.2, -0.15) is 11.8 Å². The van der Waals surface area contributed by atoms with Gasteiger partial charge in [0.2, 0.25) is 10.0 Å². The molecule has 0 amide bonds. The highest BCUT2D eigenvalue weighted by molar-refractivity contribution is 14.0. The van der Waals surface area contributed by atoms with Gasteiger partial charge in [-0.1, -0.05) is 6.92 Å². The number of thioether (sulfide) groups is 1. The van der Waals surface area contributed by atoms with E-state index in [0.717, 1.165) is 44.2 Å². The molecule has 0 aromatic carbocycles. The summed E-state index contributed by atoms with van der Waals surface area (Å²) >= 11 is 2.06. The monoisotopic (exact) mass is 490 g/mol. The molecule has 0 aromatic heterocycles. The predicted molar refractivity (Wildman–Crippen MR) is 114 cm³/mol. The quantitative estimate of drug-likeness (QED) is 0.369. The van der Waals surface area contributed by atoms with Crippen molar-refractivity contribution < 1.29 is 8.42 Å². The third kappa shape index (κ3) is 6.53. The van der Waals surface area contributed by atoms with Crippen molar-refractivity contribution in [3.8, 4) is 0 Å². The first-order valence-electron chi connectivity index (χ1n) is 8.46. The zero-order valence-electron chi connectivity index (χ0n) is 14.9. The average Bonchev–Trinajstić information content (AvgIpc) is 2.55. The van der Waals surface area contributed by atoms with Gasteiger partial charge >= 0.3 is 0 Å². The summed E-state index contributed by atoms with van der Waals surface area (Å²) in [6.45, 7) is 6.52. The standard InChI is InChI=1S/C15H30N4O2S2.HI/c1-4-14-12-18(9-10-22-14)15(16-2)17-11-13-5-7-19(8-6-13)23(3,20)21;/h13-14H,4-12H2,1-3H3,(H,16,17);1H. The van der Waals surface area contributed by atoms with Crippen LogP contribution in [0.3, 0.4) is 0 Å². The van der Waals surface area contributed by atoms with Gasteiger partial charge in [0.05, 0.1) is 6.26 Å². The lowest BCUT2D eigenvalue weighted by atomic mass is 9.98. The summed E-state index contributed by atoms with van der Waals surface area (Å²) in [4.78, 5) is 6.79. The van der Waals surface area contributed by atoms with Gasteiger partial charge < -0.3 is 10.2 Å². The van der Waals surface area contributed by atoms with E-state index in [-0.39, 0.29) is 24.0 Å². The van der Waals surface area contributed by atoms with Crippen molar-refractivity contribution in [3.63, 3.8) is 0 Å². The Morgan fingerprint density at radius 3 is 2.50 bits per heavy atom. The van der Waals surface area contributed by atoms with Gasteiger partial charge in [0.25, 0.3) is 0 Å². The largest absolute Gasteiger partial charge is 0.356 e. The highest BCUT2D eigenvalue weighted by Crippen LogP contribution is 2.22. The second-order valence-electron chi connectivity index (χ2n) is 6.38. The minimum absolute atomic E-state index is 0. The van der Waals surface area contributed by atoms with Crippen molar-refractivity contribution in [2.75, 3.05) is 51.8 Å². The van der Waals surface area contributed by atoms with Crippen molar-refractivity contribution in [1.29, 1.82) is 0 Å². The van der Waals surface area contributed by atoms with Crippen LogP contribution in [0.4, 0.5) is 0 Å². The summed E-state index contributed by atoms with van der Waals surface area (Å²) in [5.74, 6) is 2.67. The lowest BCUT2D eigenvalue weighted by molar-refractivity contribution is 0.272. The molecule has 0 aliphatic carbocycles. The van der Waals surface area contributed by atoms with Crippen LogP contribution in [0.25, 0.3) is 0 Å². The number of hydrogen-bond acceptors (Lipinski definition) is 4. The van der Waals surface area contributed by atoms with Crippen molar-refractivity contribution in [1.82, 2.24) is 14.5 Å². The van der Waals surface area contributed by atoms with E-state index in [9.17, 15) is 8.42 Å². The summed E-state index contributed by atoms with van der Waals surface area (Å²) in [6, 6.07) is 0. The van der Waals surface area contributed by atoms with E-state index in [0.29, 0.717) is 24.3 Å². The highest BCUT2D eigenvalue weighted by Gasteiger charge is 2.26. The first kappa shape index (κ1) is 22.3. The highest BCUT2D eigenvalue weighted by atomic mass is 127. The Hall–Kier alpha value is 0.260. The molecule has 24 heavy (non-hydrogen) atoms. The second-order valence-corrected chi connectivity index (χ2v) is 9.77. The normalized spacial score (nSPS) is 24.5. The first-order chi connectivity index (χ1) is 10.9. The van der Waals surface area contributed by atoms with Gasteiger partial charge in [-0.25, -0.2) is 12.7 Å². The van der Waals surface area contributed by atoms with Crippen molar-refractivity contribution >= 4 is 51.7 Å². The Balaban J connectivity index is 0.00000288. The third-order valence-corrected chi connectivity index (χ3v) is 7.37. The summed E-state index contributed by atoms with van der Waals surface area (Å²) < 4.78 is 24.7. The number of halogens is 1. The van der Waals surface area contributed by atoms with Crippen LogP contribution in [0.2, 0.25) is 0 Å². The Morgan fingerprint density at radius 1 is 1.29 bits per heavy atom. The van der Waals surface area contributed by atoms with Gasteiger partial charge in [-0.15, -0.1) is 24.0 Å². The van der Waals surface area contributed by atoms with Crippen LogP contribution in [0.15, 0.2) is 4.99 Å². The number of hydrogen-bond donors (Lipinski definition) is 1. The molecule has 1 atom stereocenters. The maximum absolute atomic E-state index is 11.6. The van der Waals surface area contributed by atoms with E-state index in [1.807, 2.05) is 7.05 Å². The second kappa shape index (κ2) is 10.4. The number of nitrogens with zero attached hydrogens (tertiary/aromatic N) is 3. The summed E-state index contributed by atoms with van der Waals surface area (Å²) in [5, 5.41) is 4.20. The first-order valence-corrected chi connectivity index (χ1v) is 11.4. The molecule has 0 saturated carbocycles. The number of piperidine rings is 1. The molecule has 2 fully saturated rings. The van der Waals surface area contributed by atoms with Gasteiger partial charge in [0, 0.05) is 50.8 Å². The topological polar surface area (TPSA) is 65.0 Å². The van der Waals surface area contributed by atoms with Crippen LogP contribution in [-0.2, 0) is 10.0 Å². The number of guanidine groups is 1. The summed E-state index contributed by atoms with van der Waals surface area (Å²) in [7, 11) is -1.19. The van der Waals surface area contributed by atoms with Crippen LogP contribution in [0.5, 0.6) is 0 Å². The average molecular weight is 490 g/mol. The Kier molecular flexibility index (Phi) is 9.68. The van der Waals surface area contributed by atoms with Gasteiger partial charge in [-0.05, 0) is 25.2 Å². The molecule has 6 nitrogen and oxygen atoms in total. The molecule has 2 heterocycles. The minimum Gasteiger partial charge on any atom is -0.356 e. The van der Waals surface area contributed by atoms with E-state index in [2.05, 4.69) is 33.9 Å². The number of aliphatic imine (C=N–C) groups is 1. The molecule has 2 aliphatic heterocycles. The maximum Gasteiger partial charge on any atom is 0.211 e. The SMILES string of the molecule is CCC1CN(C(=NC)NCC2CCN(S(C)(=O)=O)CC2)CCS1.I. The molecule has 2 rings (SSSR count). The van der Waals surface area contributed by atoms with Crippen molar-refractivity contribution in [3.05, 3.63) is 0 Å². The van der Waals surface area contributed by atoms with Crippen molar-refractivity contribution in [2.24, 2.45) is 10.9 Å². The fraction of sp³-hybridized carbons (Fsp3) is 0.933. The summed E-state index contributed by atoms with van der Waals surface area (Å²) in [5.41, 5.74) is 0. The third-order valence-electron chi connectivity index (χ3n) is 4.70. The van der Waals surface area contributed by atoms with E-state index in [1.165, 1.54) is 12.7 Å². The van der Waals surface area contributed by atoms with Crippen LogP contribution >= 0.6 is 35.7 Å². The minimum atomic E-state index is -3.03. The fourth-order valence-corrected chi connectivity index (χ4v) is 5.23. The Morgan fingerprint density at radius 2 is 1.96 bits per heavy atom. The molecule has 0 spiro atoms. The molecule has 2 aliphatic rings. The van der Waals surface area contributed by atoms with Gasteiger partial charge in [0.15, 0.2) is 5.96 Å². The molecule has 2 saturated heterocycles. The van der Waals surface area contributed by atoms with E-state index in [1.54, 1.807) is 4.31 Å². The van der Waals surface area contributed by atoms with Gasteiger partial charge in [0.1, 0.15) is 0 Å². The number of rotatable bonds is 4. The van der Waals surface area contributed by atoms with E-state index in [4.69, 9.17) is 0 Å². The van der Waals surface area contributed by atoms with Crippen LogP contribution in [0.1, 0.15) is 26.2 Å². The number of sulfonamides is 1. The van der Waals surface area contributed by atoms with Crippen LogP contribution in [-0.4, -0.2) is 80.6 Å². The van der Waals surface area contributed by atoms with Crippen LogP contribution < -0.4 is 5.32 Å². The molecular weight excluding hydrogens is 459 g/mol. The molecule has 0 bridgehead atoms. The van der Waals surface area contributed by atoms with E-state index < -0.39 is 10.0 Å². The lowest BCUT2D eigenvalue weighted by Crippen LogP contribution is -2.49. The van der Waals surface area contributed by atoms with Crippen LogP contribution in [0, 0.1) is 5.92 Å². The fourth-order valence-electron chi connectivity index (χ4n) is 3.17. The number of nitrogens with one attached hydrogen (secondary N) is 1. The molecule has 1 unspecified atom stereocenters. The zero-order chi connectivity index (χ0) is 16.9. The molecular formula is C15H31IN4O2S2. The zero-order valence-corrected chi connectivity index (χ0v) is 18.9. The molecule has 142 valence electrons. The molecule has 1 N–H and O–H groups in total. The maximum atomic E-state index is 11.6. The van der Waals surface area contributed by atoms with E-state index >= 15 is 0 Å². The van der Waals surface area contributed by atoms with Crippen molar-refractivity contribution in [2.45, 2.75) is 31.4 Å². The summed E-state index contributed by atoms with van der Waals surface area (Å²) in [6.07, 6.45) is 4.34. The predicted octanol–water partition coefficient (Wildman–Crippen LogP) is 1.68. The van der Waals surface area contributed by atoms with Gasteiger partial charge in [-0.3, -0.25) is 4.99 Å².